The van der Waals surface area contributed by atoms with Gasteiger partial charge in [-0.05, 0) is 45.1 Å². The third-order valence-electron chi connectivity index (χ3n) is 2.56. The molecule has 0 heterocycles. The van der Waals surface area contributed by atoms with Gasteiger partial charge in [0.15, 0.2) is 0 Å². The van der Waals surface area contributed by atoms with Gasteiger partial charge in [0, 0.05) is 6.04 Å². The van der Waals surface area contributed by atoms with Crippen molar-refractivity contribution < 1.29 is 4.74 Å². The van der Waals surface area contributed by atoms with Gasteiger partial charge in [0.05, 0.1) is 12.7 Å². The molecule has 0 saturated carbocycles. The van der Waals surface area contributed by atoms with Crippen molar-refractivity contribution in [3.63, 3.8) is 0 Å². The maximum Gasteiger partial charge on any atom is 0.0623 e. The summed E-state index contributed by atoms with van der Waals surface area (Å²) in [4.78, 5) is 0. The molecule has 0 aromatic carbocycles. The lowest BCUT2D eigenvalue weighted by molar-refractivity contribution is 0.0572. The zero-order chi connectivity index (χ0) is 12.6. The largest absolute Gasteiger partial charge is 0.377 e. The summed E-state index contributed by atoms with van der Waals surface area (Å²) in [5.41, 5.74) is 0.421. The summed E-state index contributed by atoms with van der Waals surface area (Å²) in [6.07, 6.45) is 3.97. The van der Waals surface area contributed by atoms with Crippen molar-refractivity contribution in [1.82, 2.24) is 5.32 Å². The van der Waals surface area contributed by atoms with Gasteiger partial charge in [-0.1, -0.05) is 27.7 Å². The summed E-state index contributed by atoms with van der Waals surface area (Å²) in [7, 11) is 0. The fourth-order valence-corrected chi connectivity index (χ4v) is 1.51. The second-order valence-corrected chi connectivity index (χ2v) is 6.13. The molecule has 0 aliphatic heterocycles. The molecule has 0 amide bonds. The predicted molar refractivity (Wildman–Crippen MR) is 71.9 cm³/mol. The molecule has 0 rings (SSSR count). The Hall–Kier alpha value is -0.0800. The van der Waals surface area contributed by atoms with Crippen LogP contribution in [0.3, 0.4) is 0 Å². The Morgan fingerprint density at radius 2 is 1.81 bits per heavy atom. The summed E-state index contributed by atoms with van der Waals surface area (Å²) < 4.78 is 5.70. The molecule has 0 fully saturated rings. The molecular formula is C14H31NO. The van der Waals surface area contributed by atoms with Gasteiger partial charge in [0.2, 0.25) is 0 Å². The maximum absolute atomic E-state index is 5.70. The highest BCUT2D eigenvalue weighted by molar-refractivity contribution is 4.71. The fraction of sp³-hybridized carbons (Fsp3) is 1.00. The van der Waals surface area contributed by atoms with E-state index in [0.29, 0.717) is 17.6 Å². The smallest absolute Gasteiger partial charge is 0.0623 e. The SMILES string of the molecule is CCCNC(CCC(C)(C)C)COC(C)C. The average molecular weight is 229 g/mol. The molecule has 2 heteroatoms. The van der Waals surface area contributed by atoms with Gasteiger partial charge in [0.1, 0.15) is 0 Å². The molecule has 0 aliphatic rings. The van der Waals surface area contributed by atoms with Crippen LogP contribution in [0, 0.1) is 5.41 Å². The van der Waals surface area contributed by atoms with Gasteiger partial charge in [0.25, 0.3) is 0 Å². The lowest BCUT2D eigenvalue weighted by atomic mass is 9.89. The lowest BCUT2D eigenvalue weighted by Gasteiger charge is -2.24. The Kier molecular flexibility index (Phi) is 8.04. The summed E-state index contributed by atoms with van der Waals surface area (Å²) in [6.45, 7) is 15.2. The summed E-state index contributed by atoms with van der Waals surface area (Å²) in [5, 5.41) is 3.57. The van der Waals surface area contributed by atoms with Gasteiger partial charge in [-0.2, -0.15) is 0 Å². The van der Waals surface area contributed by atoms with Gasteiger partial charge >= 0.3 is 0 Å². The Labute approximate surface area is 102 Å². The minimum absolute atomic E-state index is 0.334. The molecule has 0 radical (unpaired) electrons. The first-order valence-corrected chi connectivity index (χ1v) is 6.70. The molecule has 0 saturated heterocycles. The highest BCUT2D eigenvalue weighted by Gasteiger charge is 2.15. The average Bonchev–Trinajstić information content (AvgIpc) is 2.15. The van der Waals surface area contributed by atoms with Gasteiger partial charge < -0.3 is 10.1 Å². The Morgan fingerprint density at radius 1 is 1.19 bits per heavy atom. The molecule has 1 N–H and O–H groups in total. The minimum atomic E-state index is 0.334. The second kappa shape index (κ2) is 8.08. The van der Waals surface area contributed by atoms with E-state index in [-0.39, 0.29) is 0 Å². The molecule has 0 aromatic rings. The number of rotatable bonds is 8. The molecular weight excluding hydrogens is 198 g/mol. The van der Waals surface area contributed by atoms with Crippen LogP contribution in [-0.2, 0) is 4.74 Å². The predicted octanol–water partition coefficient (Wildman–Crippen LogP) is 3.61. The number of hydrogen-bond donors (Lipinski definition) is 1. The number of nitrogens with one attached hydrogen (secondary N) is 1. The highest BCUT2D eigenvalue weighted by atomic mass is 16.5. The van der Waals surface area contributed by atoms with E-state index in [1.54, 1.807) is 0 Å². The summed E-state index contributed by atoms with van der Waals surface area (Å²) in [5.74, 6) is 0. The third-order valence-corrected chi connectivity index (χ3v) is 2.56. The first-order chi connectivity index (χ1) is 7.35. The van der Waals surface area contributed by atoms with Gasteiger partial charge in [-0.25, -0.2) is 0 Å². The zero-order valence-electron chi connectivity index (χ0n) is 12.1. The summed E-state index contributed by atoms with van der Waals surface area (Å²) in [6, 6.07) is 0.515. The zero-order valence-corrected chi connectivity index (χ0v) is 12.1. The Bertz CT molecular complexity index is 161. The van der Waals surface area contributed by atoms with E-state index in [1.807, 2.05) is 0 Å². The van der Waals surface area contributed by atoms with E-state index in [0.717, 1.165) is 13.2 Å². The van der Waals surface area contributed by atoms with Crippen LogP contribution in [0.4, 0.5) is 0 Å². The number of ether oxygens (including phenoxy) is 1. The Balaban J connectivity index is 3.89. The lowest BCUT2D eigenvalue weighted by Crippen LogP contribution is -2.35. The van der Waals surface area contributed by atoms with Crippen molar-refractivity contribution in [1.29, 1.82) is 0 Å². The van der Waals surface area contributed by atoms with E-state index in [4.69, 9.17) is 4.74 Å². The van der Waals surface area contributed by atoms with Gasteiger partial charge in [-0.15, -0.1) is 0 Å². The van der Waals surface area contributed by atoms with Crippen molar-refractivity contribution in [3.8, 4) is 0 Å². The van der Waals surface area contributed by atoms with Crippen molar-refractivity contribution >= 4 is 0 Å². The molecule has 0 spiro atoms. The van der Waals surface area contributed by atoms with E-state index in [9.17, 15) is 0 Å². The van der Waals surface area contributed by atoms with Gasteiger partial charge in [-0.3, -0.25) is 0 Å². The normalized spacial score (nSPS) is 14.4. The third kappa shape index (κ3) is 10.4. The molecule has 16 heavy (non-hydrogen) atoms. The van der Waals surface area contributed by atoms with E-state index in [2.05, 4.69) is 46.9 Å². The van der Waals surface area contributed by atoms with Crippen LogP contribution in [0.1, 0.15) is 60.8 Å². The van der Waals surface area contributed by atoms with Crippen molar-refractivity contribution in [2.45, 2.75) is 73.0 Å². The molecule has 0 bridgehead atoms. The first-order valence-electron chi connectivity index (χ1n) is 6.70. The molecule has 0 aromatic heterocycles. The topological polar surface area (TPSA) is 21.3 Å². The van der Waals surface area contributed by atoms with Crippen molar-refractivity contribution in [2.75, 3.05) is 13.2 Å². The number of hydrogen-bond acceptors (Lipinski definition) is 2. The van der Waals surface area contributed by atoms with Crippen LogP contribution in [0.15, 0.2) is 0 Å². The van der Waals surface area contributed by atoms with Crippen LogP contribution < -0.4 is 5.32 Å². The quantitative estimate of drug-likeness (QED) is 0.686. The fourth-order valence-electron chi connectivity index (χ4n) is 1.51. The van der Waals surface area contributed by atoms with Crippen LogP contribution in [0.25, 0.3) is 0 Å². The molecule has 1 atom stereocenters. The summed E-state index contributed by atoms with van der Waals surface area (Å²) >= 11 is 0. The molecule has 1 unspecified atom stereocenters. The molecule has 2 nitrogen and oxygen atoms in total. The molecule has 0 aliphatic carbocycles. The standard InChI is InChI=1S/C14H31NO/c1-7-10-15-13(11-16-12(2)3)8-9-14(4,5)6/h12-13,15H,7-11H2,1-6H3. The second-order valence-electron chi connectivity index (χ2n) is 6.13. The minimum Gasteiger partial charge on any atom is -0.377 e. The Morgan fingerprint density at radius 3 is 2.25 bits per heavy atom. The monoisotopic (exact) mass is 229 g/mol. The van der Waals surface area contributed by atoms with E-state index < -0.39 is 0 Å². The first kappa shape index (κ1) is 15.9. The van der Waals surface area contributed by atoms with E-state index in [1.165, 1.54) is 19.3 Å². The van der Waals surface area contributed by atoms with Crippen LogP contribution >= 0.6 is 0 Å². The van der Waals surface area contributed by atoms with Crippen LogP contribution in [0.5, 0.6) is 0 Å². The highest BCUT2D eigenvalue weighted by Crippen LogP contribution is 2.21. The van der Waals surface area contributed by atoms with Crippen molar-refractivity contribution in [2.24, 2.45) is 5.41 Å². The molecule has 98 valence electrons. The van der Waals surface area contributed by atoms with Crippen molar-refractivity contribution in [3.05, 3.63) is 0 Å². The van der Waals surface area contributed by atoms with E-state index >= 15 is 0 Å². The van der Waals surface area contributed by atoms with Crippen LogP contribution in [-0.4, -0.2) is 25.3 Å². The van der Waals surface area contributed by atoms with Crippen LogP contribution in [0.2, 0.25) is 0 Å². The maximum atomic E-state index is 5.70.